The molecule has 94 valence electrons. The van der Waals surface area contributed by atoms with Gasteiger partial charge in [0.05, 0.1) is 12.7 Å². The summed E-state index contributed by atoms with van der Waals surface area (Å²) in [5.41, 5.74) is 1.26. The Balaban J connectivity index is 2.73. The van der Waals surface area contributed by atoms with E-state index in [0.29, 0.717) is 29.1 Å². The van der Waals surface area contributed by atoms with Crippen molar-refractivity contribution in [1.29, 1.82) is 0 Å². The van der Waals surface area contributed by atoms with Gasteiger partial charge in [-0.3, -0.25) is 9.59 Å². The zero-order valence-electron chi connectivity index (χ0n) is 10.4. The van der Waals surface area contributed by atoms with Crippen molar-refractivity contribution in [2.75, 3.05) is 12.9 Å². The molecule has 0 aliphatic carbocycles. The lowest BCUT2D eigenvalue weighted by Gasteiger charge is -2.02. The van der Waals surface area contributed by atoms with E-state index in [1.165, 1.54) is 18.7 Å². The maximum atomic E-state index is 10.7. The first-order chi connectivity index (χ1) is 8.67. The summed E-state index contributed by atoms with van der Waals surface area (Å²) >= 11 is 1.26. The Kier molecular flexibility index (Phi) is 6.03. The topological polar surface area (TPSA) is 43.4 Å². The Morgan fingerprint density at radius 1 is 1.50 bits per heavy atom. The lowest BCUT2D eigenvalue weighted by atomic mass is 10.1. The summed E-state index contributed by atoms with van der Waals surface area (Å²) in [6.07, 6.45) is 1.40. The van der Waals surface area contributed by atoms with E-state index in [-0.39, 0.29) is 5.12 Å². The second-order valence-corrected chi connectivity index (χ2v) is 4.74. The number of benzene rings is 1. The minimum Gasteiger partial charge on any atom is -0.495 e. The number of hydrogen-bond donors (Lipinski definition) is 0. The normalized spacial score (nSPS) is 9.22. The predicted molar refractivity (Wildman–Crippen MR) is 73.0 cm³/mol. The van der Waals surface area contributed by atoms with Crippen LogP contribution in [0.3, 0.4) is 0 Å². The fourth-order valence-corrected chi connectivity index (χ4v) is 1.79. The van der Waals surface area contributed by atoms with Crippen LogP contribution in [0.25, 0.3) is 0 Å². The zero-order valence-corrected chi connectivity index (χ0v) is 11.2. The van der Waals surface area contributed by atoms with Gasteiger partial charge in [-0.2, -0.15) is 0 Å². The van der Waals surface area contributed by atoms with E-state index in [9.17, 15) is 9.59 Å². The third-order valence-corrected chi connectivity index (χ3v) is 2.93. The summed E-state index contributed by atoms with van der Waals surface area (Å²) in [4.78, 5) is 21.4. The summed E-state index contributed by atoms with van der Waals surface area (Å²) < 4.78 is 5.16. The van der Waals surface area contributed by atoms with E-state index in [0.717, 1.165) is 6.29 Å². The third kappa shape index (κ3) is 4.64. The highest BCUT2D eigenvalue weighted by atomic mass is 32.2. The Morgan fingerprint density at radius 2 is 2.28 bits per heavy atom. The fraction of sp³-hybridized carbons (Fsp3) is 0.286. The molecule has 0 heterocycles. The molecule has 0 aliphatic rings. The highest BCUT2D eigenvalue weighted by molar-refractivity contribution is 8.13. The number of thioether (sulfide) groups is 1. The first kappa shape index (κ1) is 14.3. The number of methoxy groups -OCH3 is 1. The van der Waals surface area contributed by atoms with Crippen molar-refractivity contribution in [2.45, 2.75) is 13.3 Å². The van der Waals surface area contributed by atoms with Crippen molar-refractivity contribution in [3.63, 3.8) is 0 Å². The quantitative estimate of drug-likeness (QED) is 0.475. The fourth-order valence-electron chi connectivity index (χ4n) is 1.30. The minimum absolute atomic E-state index is 0.0948. The van der Waals surface area contributed by atoms with Gasteiger partial charge in [-0.05, 0) is 18.2 Å². The molecule has 0 saturated carbocycles. The molecule has 1 rings (SSSR count). The van der Waals surface area contributed by atoms with Crippen LogP contribution in [0.1, 0.15) is 29.3 Å². The predicted octanol–water partition coefficient (Wildman–Crippen LogP) is 2.53. The highest BCUT2D eigenvalue weighted by Gasteiger charge is 2.01. The van der Waals surface area contributed by atoms with Crippen LogP contribution in [-0.2, 0) is 4.79 Å². The Bertz CT molecular complexity index is 497. The molecule has 0 radical (unpaired) electrons. The van der Waals surface area contributed by atoms with Crippen molar-refractivity contribution >= 4 is 23.2 Å². The Morgan fingerprint density at radius 3 is 2.89 bits per heavy atom. The second-order valence-electron chi connectivity index (χ2n) is 3.47. The van der Waals surface area contributed by atoms with Crippen LogP contribution in [0.4, 0.5) is 0 Å². The van der Waals surface area contributed by atoms with Gasteiger partial charge >= 0.3 is 0 Å². The molecule has 0 bridgehead atoms. The molecule has 1 aromatic rings. The number of aldehydes is 1. The van der Waals surface area contributed by atoms with Crippen LogP contribution < -0.4 is 4.74 Å². The average molecular weight is 262 g/mol. The maximum absolute atomic E-state index is 10.7. The molecule has 3 nitrogen and oxygen atoms in total. The molecule has 0 N–H and O–H groups in total. The lowest BCUT2D eigenvalue weighted by molar-refractivity contribution is -0.109. The SMILES string of the molecule is COc1ccc(C=O)cc1C#CCCSC(C)=O. The van der Waals surface area contributed by atoms with Gasteiger partial charge in [0.1, 0.15) is 12.0 Å². The molecule has 0 atom stereocenters. The third-order valence-electron chi connectivity index (χ3n) is 2.12. The van der Waals surface area contributed by atoms with Crippen molar-refractivity contribution in [3.8, 4) is 17.6 Å². The van der Waals surface area contributed by atoms with Crippen LogP contribution in [-0.4, -0.2) is 24.3 Å². The summed E-state index contributed by atoms with van der Waals surface area (Å²) in [5, 5.41) is 0.0948. The average Bonchev–Trinajstić information content (AvgIpc) is 2.37. The van der Waals surface area contributed by atoms with Gasteiger partial charge in [0, 0.05) is 24.7 Å². The first-order valence-electron chi connectivity index (χ1n) is 5.43. The molecule has 0 fully saturated rings. The second kappa shape index (κ2) is 7.57. The molecular weight excluding hydrogens is 248 g/mol. The van der Waals surface area contributed by atoms with Gasteiger partial charge in [0.25, 0.3) is 0 Å². The van der Waals surface area contributed by atoms with Crippen molar-refractivity contribution in [2.24, 2.45) is 0 Å². The first-order valence-corrected chi connectivity index (χ1v) is 6.41. The van der Waals surface area contributed by atoms with E-state index in [1.54, 1.807) is 25.3 Å². The molecule has 0 amide bonds. The van der Waals surface area contributed by atoms with Crippen LogP contribution in [0.15, 0.2) is 18.2 Å². The molecule has 0 spiro atoms. The summed E-state index contributed by atoms with van der Waals surface area (Å²) in [6.45, 7) is 1.54. The number of hydrogen-bond acceptors (Lipinski definition) is 4. The van der Waals surface area contributed by atoms with Gasteiger partial charge in [0.15, 0.2) is 5.12 Å². The van der Waals surface area contributed by atoms with Crippen molar-refractivity contribution in [1.82, 2.24) is 0 Å². The van der Waals surface area contributed by atoms with Crippen molar-refractivity contribution < 1.29 is 14.3 Å². The lowest BCUT2D eigenvalue weighted by Crippen LogP contribution is -1.90. The van der Waals surface area contributed by atoms with E-state index in [2.05, 4.69) is 11.8 Å². The van der Waals surface area contributed by atoms with Crippen LogP contribution in [0.5, 0.6) is 5.75 Å². The van der Waals surface area contributed by atoms with Gasteiger partial charge in [-0.1, -0.05) is 23.6 Å². The summed E-state index contributed by atoms with van der Waals surface area (Å²) in [7, 11) is 1.56. The number of carbonyl (C=O) groups is 2. The van der Waals surface area contributed by atoms with Gasteiger partial charge in [-0.25, -0.2) is 0 Å². The van der Waals surface area contributed by atoms with Crippen molar-refractivity contribution in [3.05, 3.63) is 29.3 Å². The van der Waals surface area contributed by atoms with E-state index in [4.69, 9.17) is 4.74 Å². The number of carbonyl (C=O) groups excluding carboxylic acids is 2. The largest absolute Gasteiger partial charge is 0.495 e. The zero-order chi connectivity index (χ0) is 13.4. The molecule has 0 aliphatic heterocycles. The molecular formula is C14H14O3S. The Labute approximate surface area is 111 Å². The van der Waals surface area contributed by atoms with Gasteiger partial charge in [0.2, 0.25) is 0 Å². The molecule has 0 unspecified atom stereocenters. The van der Waals surface area contributed by atoms with E-state index >= 15 is 0 Å². The highest BCUT2D eigenvalue weighted by Crippen LogP contribution is 2.18. The standard InChI is InChI=1S/C14H14O3S/c1-11(16)18-8-4-3-5-13-9-12(10-15)6-7-14(13)17-2/h6-7,9-10H,4,8H2,1-2H3. The smallest absolute Gasteiger partial charge is 0.185 e. The van der Waals surface area contributed by atoms with Crippen LogP contribution >= 0.6 is 11.8 Å². The van der Waals surface area contributed by atoms with Crippen LogP contribution in [0, 0.1) is 11.8 Å². The molecule has 4 heteroatoms. The molecule has 0 saturated heterocycles. The van der Waals surface area contributed by atoms with E-state index < -0.39 is 0 Å². The van der Waals surface area contributed by atoms with E-state index in [1.807, 2.05) is 0 Å². The van der Waals surface area contributed by atoms with Gasteiger partial charge in [-0.15, -0.1) is 0 Å². The summed E-state index contributed by atoms with van der Waals surface area (Å²) in [6, 6.07) is 5.09. The maximum Gasteiger partial charge on any atom is 0.185 e. The van der Waals surface area contributed by atoms with Crippen LogP contribution in [0.2, 0.25) is 0 Å². The van der Waals surface area contributed by atoms with Gasteiger partial charge < -0.3 is 4.74 Å². The monoisotopic (exact) mass is 262 g/mol. The Hall–Kier alpha value is -1.73. The number of rotatable bonds is 4. The molecule has 18 heavy (non-hydrogen) atoms. The molecule has 1 aromatic carbocycles. The number of ether oxygens (including phenoxy) is 1. The molecule has 0 aromatic heterocycles. The minimum atomic E-state index is 0.0948. The summed E-state index contributed by atoms with van der Waals surface area (Å²) in [5.74, 6) is 7.24.